The van der Waals surface area contributed by atoms with Crippen LogP contribution in [0, 0.1) is 5.92 Å². The molecule has 0 bridgehead atoms. The van der Waals surface area contributed by atoms with Crippen molar-refractivity contribution in [2.24, 2.45) is 5.92 Å². The SMILES string of the molecule is CC(NCC(O)C1CCCC1)c1ccc(N2CCCC2=O)cc1. The normalized spacial score (nSPS) is 21.8. The molecule has 2 N–H and O–H groups in total. The first-order chi connectivity index (χ1) is 11.1. The van der Waals surface area contributed by atoms with E-state index in [2.05, 4.69) is 24.4 Å². The molecule has 1 aromatic rings. The molecule has 4 heteroatoms. The summed E-state index contributed by atoms with van der Waals surface area (Å²) in [6, 6.07) is 8.43. The fourth-order valence-electron chi connectivity index (χ4n) is 3.79. The predicted molar refractivity (Wildman–Crippen MR) is 92.4 cm³/mol. The second kappa shape index (κ2) is 7.45. The predicted octanol–water partition coefficient (Wildman–Crippen LogP) is 3.02. The lowest BCUT2D eigenvalue weighted by Gasteiger charge is -2.22. The second-order valence-corrected chi connectivity index (χ2v) is 6.98. The number of benzene rings is 1. The van der Waals surface area contributed by atoms with Gasteiger partial charge in [0, 0.05) is 31.2 Å². The van der Waals surface area contributed by atoms with E-state index in [1.54, 1.807) is 0 Å². The number of aliphatic hydroxyl groups excluding tert-OH is 1. The van der Waals surface area contributed by atoms with Gasteiger partial charge in [-0.05, 0) is 49.8 Å². The molecule has 1 heterocycles. The van der Waals surface area contributed by atoms with Crippen molar-refractivity contribution >= 4 is 11.6 Å². The highest BCUT2D eigenvalue weighted by molar-refractivity contribution is 5.95. The Labute approximate surface area is 138 Å². The number of carbonyl (C=O) groups is 1. The van der Waals surface area contributed by atoms with Crippen LogP contribution in [0.15, 0.2) is 24.3 Å². The maximum Gasteiger partial charge on any atom is 0.227 e. The van der Waals surface area contributed by atoms with Gasteiger partial charge in [-0.1, -0.05) is 25.0 Å². The molecule has 1 amide bonds. The first-order valence-corrected chi connectivity index (χ1v) is 8.97. The molecule has 1 aliphatic heterocycles. The summed E-state index contributed by atoms with van der Waals surface area (Å²) in [5, 5.41) is 13.7. The lowest BCUT2D eigenvalue weighted by atomic mass is 10.00. The number of hydrogen-bond acceptors (Lipinski definition) is 3. The molecule has 126 valence electrons. The van der Waals surface area contributed by atoms with Crippen LogP contribution in [0.3, 0.4) is 0 Å². The van der Waals surface area contributed by atoms with Crippen LogP contribution in [0.5, 0.6) is 0 Å². The van der Waals surface area contributed by atoms with Gasteiger partial charge in [0.05, 0.1) is 6.10 Å². The van der Waals surface area contributed by atoms with Crippen molar-refractivity contribution in [2.45, 2.75) is 57.6 Å². The van der Waals surface area contributed by atoms with Crippen LogP contribution in [0.2, 0.25) is 0 Å². The molecule has 1 saturated carbocycles. The molecule has 1 saturated heterocycles. The van der Waals surface area contributed by atoms with Gasteiger partial charge in [0.15, 0.2) is 0 Å². The van der Waals surface area contributed by atoms with Crippen LogP contribution in [-0.4, -0.2) is 30.2 Å². The highest BCUT2D eigenvalue weighted by Crippen LogP contribution is 2.28. The Morgan fingerprint density at radius 3 is 2.52 bits per heavy atom. The molecule has 2 unspecified atom stereocenters. The average Bonchev–Trinajstić information content (AvgIpc) is 3.24. The van der Waals surface area contributed by atoms with Gasteiger partial charge in [-0.3, -0.25) is 4.79 Å². The van der Waals surface area contributed by atoms with Gasteiger partial charge in [-0.2, -0.15) is 0 Å². The van der Waals surface area contributed by atoms with E-state index in [1.807, 2.05) is 17.0 Å². The molecule has 3 rings (SSSR count). The first kappa shape index (κ1) is 16.5. The van der Waals surface area contributed by atoms with Crippen LogP contribution in [0.25, 0.3) is 0 Å². The Balaban J connectivity index is 1.53. The number of rotatable bonds is 6. The molecular formula is C19H28N2O2. The zero-order chi connectivity index (χ0) is 16.2. The lowest BCUT2D eigenvalue weighted by molar-refractivity contribution is -0.117. The van der Waals surface area contributed by atoms with Crippen molar-refractivity contribution in [3.8, 4) is 0 Å². The van der Waals surface area contributed by atoms with E-state index < -0.39 is 0 Å². The van der Waals surface area contributed by atoms with Gasteiger partial charge >= 0.3 is 0 Å². The van der Waals surface area contributed by atoms with Crippen molar-refractivity contribution < 1.29 is 9.90 Å². The van der Waals surface area contributed by atoms with Gasteiger partial charge in [0.1, 0.15) is 0 Å². The van der Waals surface area contributed by atoms with Gasteiger partial charge in [0.2, 0.25) is 5.91 Å². The third kappa shape index (κ3) is 3.93. The largest absolute Gasteiger partial charge is 0.392 e. The average molecular weight is 316 g/mol. The first-order valence-electron chi connectivity index (χ1n) is 8.97. The van der Waals surface area contributed by atoms with Crippen LogP contribution in [0.4, 0.5) is 5.69 Å². The molecular weight excluding hydrogens is 288 g/mol. The smallest absolute Gasteiger partial charge is 0.227 e. The van der Waals surface area contributed by atoms with Crippen molar-refractivity contribution in [1.82, 2.24) is 5.32 Å². The van der Waals surface area contributed by atoms with Gasteiger partial charge < -0.3 is 15.3 Å². The molecule has 2 aliphatic rings. The van der Waals surface area contributed by atoms with Crippen LogP contribution in [-0.2, 0) is 4.79 Å². The van der Waals surface area contributed by atoms with E-state index in [0.717, 1.165) is 31.5 Å². The van der Waals surface area contributed by atoms with Crippen molar-refractivity contribution in [1.29, 1.82) is 0 Å². The molecule has 4 nitrogen and oxygen atoms in total. The Morgan fingerprint density at radius 1 is 1.22 bits per heavy atom. The molecule has 1 aliphatic carbocycles. The number of anilines is 1. The van der Waals surface area contributed by atoms with E-state index >= 15 is 0 Å². The van der Waals surface area contributed by atoms with Crippen molar-refractivity contribution in [3.05, 3.63) is 29.8 Å². The fraction of sp³-hybridized carbons (Fsp3) is 0.632. The molecule has 0 radical (unpaired) electrons. The minimum Gasteiger partial charge on any atom is -0.392 e. The zero-order valence-corrected chi connectivity index (χ0v) is 14.0. The van der Waals surface area contributed by atoms with Crippen molar-refractivity contribution in [2.75, 3.05) is 18.0 Å². The lowest BCUT2D eigenvalue weighted by Crippen LogP contribution is -2.33. The van der Waals surface area contributed by atoms with E-state index in [4.69, 9.17) is 0 Å². The molecule has 0 spiro atoms. The van der Waals surface area contributed by atoms with E-state index in [9.17, 15) is 9.90 Å². The minimum atomic E-state index is -0.235. The zero-order valence-electron chi connectivity index (χ0n) is 14.0. The summed E-state index contributed by atoms with van der Waals surface area (Å²) < 4.78 is 0. The standard InChI is InChI=1S/C19H28N2O2/c1-14(20-13-18(22)16-5-2-3-6-16)15-8-10-17(11-9-15)21-12-4-7-19(21)23/h8-11,14,16,18,20,22H,2-7,12-13H2,1H3. The maximum atomic E-state index is 11.8. The highest BCUT2D eigenvalue weighted by atomic mass is 16.3. The number of hydrogen-bond donors (Lipinski definition) is 2. The minimum absolute atomic E-state index is 0.203. The van der Waals surface area contributed by atoms with E-state index in [-0.39, 0.29) is 18.1 Å². The maximum absolute atomic E-state index is 11.8. The number of amides is 1. The summed E-state index contributed by atoms with van der Waals surface area (Å²) in [6.45, 7) is 3.61. The van der Waals surface area contributed by atoms with E-state index in [1.165, 1.54) is 18.4 Å². The monoisotopic (exact) mass is 316 g/mol. The van der Waals surface area contributed by atoms with Crippen molar-refractivity contribution in [3.63, 3.8) is 0 Å². The molecule has 0 aromatic heterocycles. The second-order valence-electron chi connectivity index (χ2n) is 6.98. The van der Waals surface area contributed by atoms with Crippen LogP contribution in [0.1, 0.15) is 57.1 Å². The Bertz CT molecular complexity index is 523. The highest BCUT2D eigenvalue weighted by Gasteiger charge is 2.24. The quantitative estimate of drug-likeness (QED) is 0.848. The number of aliphatic hydroxyl groups is 1. The summed E-state index contributed by atoms with van der Waals surface area (Å²) >= 11 is 0. The summed E-state index contributed by atoms with van der Waals surface area (Å²) in [5.74, 6) is 0.696. The third-order valence-electron chi connectivity index (χ3n) is 5.36. The van der Waals surface area contributed by atoms with Crippen LogP contribution < -0.4 is 10.2 Å². The summed E-state index contributed by atoms with van der Waals surface area (Å²) in [6.07, 6.45) is 6.23. The molecule has 23 heavy (non-hydrogen) atoms. The van der Waals surface area contributed by atoms with E-state index in [0.29, 0.717) is 18.9 Å². The van der Waals surface area contributed by atoms with Gasteiger partial charge in [0.25, 0.3) is 0 Å². The van der Waals surface area contributed by atoms with Gasteiger partial charge in [-0.15, -0.1) is 0 Å². The Kier molecular flexibility index (Phi) is 5.34. The fourth-order valence-corrected chi connectivity index (χ4v) is 3.79. The summed E-state index contributed by atoms with van der Waals surface area (Å²) in [5.41, 5.74) is 2.19. The topological polar surface area (TPSA) is 52.6 Å². The molecule has 1 aromatic carbocycles. The Hall–Kier alpha value is -1.39. The number of nitrogens with one attached hydrogen (secondary N) is 1. The number of nitrogens with zero attached hydrogens (tertiary/aromatic N) is 1. The summed E-state index contributed by atoms with van der Waals surface area (Å²) in [4.78, 5) is 13.6. The molecule has 2 fully saturated rings. The molecule has 2 atom stereocenters. The Morgan fingerprint density at radius 2 is 1.91 bits per heavy atom. The van der Waals surface area contributed by atoms with Gasteiger partial charge in [-0.25, -0.2) is 0 Å². The van der Waals surface area contributed by atoms with Crippen LogP contribution >= 0.6 is 0 Å². The summed E-state index contributed by atoms with van der Waals surface area (Å²) in [7, 11) is 0. The number of carbonyl (C=O) groups excluding carboxylic acids is 1. The third-order valence-corrected chi connectivity index (χ3v) is 5.36.